The van der Waals surface area contributed by atoms with Gasteiger partial charge in [-0.1, -0.05) is 13.8 Å². The molecule has 1 saturated heterocycles. The van der Waals surface area contributed by atoms with Crippen LogP contribution in [0.3, 0.4) is 0 Å². The summed E-state index contributed by atoms with van der Waals surface area (Å²) >= 11 is 0. The maximum absolute atomic E-state index is 12.1. The fraction of sp³-hybridized carbons (Fsp3) is 0.571. The first-order valence-corrected chi connectivity index (χ1v) is 7.62. The maximum atomic E-state index is 12.1. The monoisotopic (exact) mass is 337 g/mol. The number of nitrogens with zero attached hydrogens (tertiary/aromatic N) is 3. The molecule has 2 aromatic rings. The minimum atomic E-state index is -0.820. The predicted octanol–water partition coefficient (Wildman–Crippen LogP) is -0.645. The normalized spacial score (nSPS) is 24.0. The molecule has 0 radical (unpaired) electrons. The van der Waals surface area contributed by atoms with E-state index in [4.69, 9.17) is 4.74 Å². The molecule has 4 N–H and O–H groups in total. The Morgan fingerprint density at radius 1 is 1.58 bits per heavy atom. The van der Waals surface area contributed by atoms with Crippen molar-refractivity contribution in [1.82, 2.24) is 19.5 Å². The van der Waals surface area contributed by atoms with Gasteiger partial charge in [0.2, 0.25) is 11.9 Å². The number of rotatable bonds is 4. The zero-order valence-corrected chi connectivity index (χ0v) is 13.3. The second-order valence-electron chi connectivity index (χ2n) is 6.00. The second-order valence-corrected chi connectivity index (χ2v) is 6.00. The number of fused-ring (bicyclic) bond motifs is 1. The van der Waals surface area contributed by atoms with E-state index in [9.17, 15) is 19.8 Å². The number of carbonyl (C=O) groups excluding carboxylic acids is 1. The minimum Gasteiger partial charge on any atom is -0.394 e. The van der Waals surface area contributed by atoms with Gasteiger partial charge in [-0.25, -0.2) is 4.98 Å². The first-order chi connectivity index (χ1) is 11.4. The highest BCUT2D eigenvalue weighted by Crippen LogP contribution is 2.30. The van der Waals surface area contributed by atoms with Crippen LogP contribution in [0.4, 0.5) is 5.95 Å². The highest BCUT2D eigenvalue weighted by Gasteiger charge is 2.35. The quantitative estimate of drug-likeness (QED) is 0.581. The van der Waals surface area contributed by atoms with Crippen molar-refractivity contribution in [2.45, 2.75) is 38.7 Å². The van der Waals surface area contributed by atoms with Crippen molar-refractivity contribution in [2.75, 3.05) is 11.9 Å². The fourth-order valence-electron chi connectivity index (χ4n) is 2.51. The maximum Gasteiger partial charge on any atom is 0.280 e. The first kappa shape index (κ1) is 16.6. The van der Waals surface area contributed by atoms with E-state index in [2.05, 4.69) is 20.3 Å². The van der Waals surface area contributed by atoms with E-state index in [0.717, 1.165) is 0 Å². The summed E-state index contributed by atoms with van der Waals surface area (Å²) in [4.78, 5) is 34.6. The Kier molecular flexibility index (Phi) is 4.35. The lowest BCUT2D eigenvalue weighted by molar-refractivity contribution is -0.118. The molecule has 10 heteroatoms. The molecule has 0 aromatic carbocycles. The Labute approximate surface area is 136 Å². The number of amides is 1. The molecule has 3 atom stereocenters. The van der Waals surface area contributed by atoms with Gasteiger partial charge in [-0.05, 0) is 0 Å². The Hall–Kier alpha value is -2.30. The minimum absolute atomic E-state index is 0.0187. The van der Waals surface area contributed by atoms with Crippen LogP contribution in [-0.4, -0.2) is 54.5 Å². The molecule has 0 saturated carbocycles. The topological polar surface area (TPSA) is 142 Å². The number of nitrogens with one attached hydrogen (secondary N) is 2. The molecular formula is C14H19N5O5. The van der Waals surface area contributed by atoms with E-state index >= 15 is 0 Å². The average molecular weight is 337 g/mol. The van der Waals surface area contributed by atoms with Crippen molar-refractivity contribution < 1.29 is 19.7 Å². The molecule has 10 nitrogen and oxygen atoms in total. The number of aliphatic hydroxyl groups excluding tert-OH is 2. The lowest BCUT2D eigenvalue weighted by Gasteiger charge is -2.14. The van der Waals surface area contributed by atoms with Crippen molar-refractivity contribution in [3.63, 3.8) is 0 Å². The number of H-pyrrole nitrogens is 1. The molecule has 1 amide bonds. The van der Waals surface area contributed by atoms with Crippen molar-refractivity contribution in [3.05, 3.63) is 16.7 Å². The molecule has 1 aliphatic rings. The zero-order valence-electron chi connectivity index (χ0n) is 13.3. The Balaban J connectivity index is 1.97. The third-order valence-electron chi connectivity index (χ3n) is 3.89. The van der Waals surface area contributed by atoms with Gasteiger partial charge in [0.25, 0.3) is 5.56 Å². The van der Waals surface area contributed by atoms with Crippen LogP contribution in [0.2, 0.25) is 0 Å². The summed E-state index contributed by atoms with van der Waals surface area (Å²) in [6, 6.07) is 0. The van der Waals surface area contributed by atoms with E-state index in [0.29, 0.717) is 0 Å². The number of anilines is 1. The largest absolute Gasteiger partial charge is 0.394 e. The summed E-state index contributed by atoms with van der Waals surface area (Å²) in [5.41, 5.74) is -0.160. The Morgan fingerprint density at radius 3 is 2.96 bits per heavy atom. The van der Waals surface area contributed by atoms with Gasteiger partial charge in [0.15, 0.2) is 11.2 Å². The molecule has 0 aliphatic carbocycles. The molecule has 0 spiro atoms. The van der Waals surface area contributed by atoms with Gasteiger partial charge in [0.1, 0.15) is 12.3 Å². The number of carbonyl (C=O) groups is 1. The van der Waals surface area contributed by atoms with Crippen LogP contribution in [0, 0.1) is 5.92 Å². The van der Waals surface area contributed by atoms with Crippen LogP contribution in [0.5, 0.6) is 0 Å². The van der Waals surface area contributed by atoms with Crippen LogP contribution in [0.25, 0.3) is 11.2 Å². The van der Waals surface area contributed by atoms with Crippen LogP contribution < -0.4 is 10.9 Å². The Morgan fingerprint density at radius 2 is 2.33 bits per heavy atom. The molecular weight excluding hydrogens is 318 g/mol. The molecule has 3 rings (SSSR count). The summed E-state index contributed by atoms with van der Waals surface area (Å²) in [6.07, 6.45) is -0.504. The number of aromatic amines is 1. The number of ether oxygens (including phenoxy) is 1. The third kappa shape index (κ3) is 2.90. The van der Waals surface area contributed by atoms with Crippen molar-refractivity contribution in [3.8, 4) is 0 Å². The fourth-order valence-corrected chi connectivity index (χ4v) is 2.51. The number of imidazole rings is 1. The molecule has 2 aromatic heterocycles. The van der Waals surface area contributed by atoms with E-state index in [1.807, 2.05) is 0 Å². The molecule has 1 aliphatic heterocycles. The van der Waals surface area contributed by atoms with Crippen molar-refractivity contribution >= 4 is 23.0 Å². The van der Waals surface area contributed by atoms with E-state index in [1.165, 1.54) is 10.9 Å². The van der Waals surface area contributed by atoms with Crippen molar-refractivity contribution in [1.29, 1.82) is 0 Å². The standard InChI is InChI=1S/C14H19N5O5/c1-6(2)12(22)17-14-16-11-10(13(23)18-14)15-5-19(11)9-3-7(21)8(4-20)24-9/h5-9,20-21H,3-4H2,1-2H3,(H2,16,17,18,22,23)/t7-,8?,9?/m1/s1. The summed E-state index contributed by atoms with van der Waals surface area (Å²) in [5, 5.41) is 21.6. The highest BCUT2D eigenvalue weighted by atomic mass is 16.5. The summed E-state index contributed by atoms with van der Waals surface area (Å²) < 4.78 is 7.07. The summed E-state index contributed by atoms with van der Waals surface area (Å²) in [5.74, 6) is -0.531. The zero-order chi connectivity index (χ0) is 17.4. The van der Waals surface area contributed by atoms with Crippen LogP contribution in [-0.2, 0) is 9.53 Å². The van der Waals surface area contributed by atoms with E-state index < -0.39 is 24.0 Å². The lowest BCUT2D eigenvalue weighted by Crippen LogP contribution is -2.24. The van der Waals surface area contributed by atoms with Crippen LogP contribution >= 0.6 is 0 Å². The lowest BCUT2D eigenvalue weighted by atomic mass is 10.2. The number of aromatic nitrogens is 4. The van der Waals surface area contributed by atoms with Crippen LogP contribution in [0.15, 0.2) is 11.1 Å². The number of hydrogen-bond acceptors (Lipinski definition) is 7. The molecule has 2 unspecified atom stereocenters. The first-order valence-electron chi connectivity index (χ1n) is 7.62. The number of hydrogen-bond donors (Lipinski definition) is 4. The van der Waals surface area contributed by atoms with Gasteiger partial charge in [-0.3, -0.25) is 24.5 Å². The van der Waals surface area contributed by atoms with Crippen LogP contribution in [0.1, 0.15) is 26.5 Å². The van der Waals surface area contributed by atoms with Gasteiger partial charge in [-0.2, -0.15) is 4.98 Å². The van der Waals surface area contributed by atoms with Gasteiger partial charge in [0.05, 0.1) is 19.0 Å². The Bertz CT molecular complexity index is 813. The van der Waals surface area contributed by atoms with Gasteiger partial charge in [0, 0.05) is 12.3 Å². The van der Waals surface area contributed by atoms with Crippen molar-refractivity contribution in [2.24, 2.45) is 5.92 Å². The molecule has 130 valence electrons. The predicted molar refractivity (Wildman–Crippen MR) is 83.2 cm³/mol. The second kappa shape index (κ2) is 6.30. The van der Waals surface area contributed by atoms with Gasteiger partial charge < -0.3 is 14.9 Å². The molecule has 0 bridgehead atoms. The van der Waals surface area contributed by atoms with E-state index in [1.54, 1.807) is 13.8 Å². The molecule has 3 heterocycles. The van der Waals surface area contributed by atoms with Gasteiger partial charge >= 0.3 is 0 Å². The van der Waals surface area contributed by atoms with Gasteiger partial charge in [-0.15, -0.1) is 0 Å². The molecule has 24 heavy (non-hydrogen) atoms. The number of aliphatic hydroxyl groups is 2. The smallest absolute Gasteiger partial charge is 0.280 e. The average Bonchev–Trinajstić information content (AvgIpc) is 3.10. The SMILES string of the molecule is CC(C)C(=O)Nc1nc2c(ncn2C2C[C@@H](O)C(CO)O2)c(=O)[nH]1. The summed E-state index contributed by atoms with van der Waals surface area (Å²) in [7, 11) is 0. The third-order valence-corrected chi connectivity index (χ3v) is 3.89. The summed E-state index contributed by atoms with van der Waals surface area (Å²) in [6.45, 7) is 3.13. The van der Waals surface area contributed by atoms with E-state index in [-0.39, 0.29) is 42.0 Å². The highest BCUT2D eigenvalue weighted by molar-refractivity contribution is 5.91. The molecule has 1 fully saturated rings.